The van der Waals surface area contributed by atoms with Crippen LogP contribution in [0.25, 0.3) is 11.3 Å². The van der Waals surface area contributed by atoms with Gasteiger partial charge in [0, 0.05) is 18.2 Å². The van der Waals surface area contributed by atoms with E-state index in [-0.39, 0.29) is 18.1 Å². The molecule has 0 spiro atoms. The van der Waals surface area contributed by atoms with Crippen molar-refractivity contribution in [2.24, 2.45) is 0 Å². The Morgan fingerprint density at radius 1 is 1.41 bits per heavy atom. The topological polar surface area (TPSA) is 75.4 Å². The van der Waals surface area contributed by atoms with Gasteiger partial charge in [-0.25, -0.2) is 0 Å². The van der Waals surface area contributed by atoms with Gasteiger partial charge in [-0.3, -0.25) is 4.79 Å². The minimum Gasteiger partial charge on any atom is -0.388 e. The maximum Gasteiger partial charge on any atom is 0.273 e. The molecule has 2 N–H and O–H groups in total. The maximum atomic E-state index is 12.1. The Labute approximate surface area is 134 Å². The van der Waals surface area contributed by atoms with Crippen molar-refractivity contribution in [3.05, 3.63) is 42.1 Å². The molecule has 0 saturated heterocycles. The van der Waals surface area contributed by atoms with Crippen LogP contribution < -0.4 is 5.32 Å². The van der Waals surface area contributed by atoms with E-state index >= 15 is 0 Å². The summed E-state index contributed by atoms with van der Waals surface area (Å²) in [5, 5.41) is 16.6. The molecule has 0 saturated carbocycles. The molecule has 0 aliphatic rings. The summed E-state index contributed by atoms with van der Waals surface area (Å²) in [5.74, 6) is 1.03. The van der Waals surface area contributed by atoms with E-state index in [9.17, 15) is 9.90 Å². The number of carbonyl (C=O) groups excluding carboxylic acids is 1. The number of carbonyl (C=O) groups is 1. The lowest BCUT2D eigenvalue weighted by molar-refractivity contribution is 0.0526. The van der Waals surface area contributed by atoms with Crippen LogP contribution in [-0.4, -0.2) is 40.3 Å². The van der Waals surface area contributed by atoms with Crippen LogP contribution in [0.1, 0.15) is 23.8 Å². The first kappa shape index (κ1) is 16.6. The highest BCUT2D eigenvalue weighted by Crippen LogP contribution is 2.19. The second kappa shape index (κ2) is 7.47. The molecule has 22 heavy (non-hydrogen) atoms. The Balaban J connectivity index is 1.95. The first-order valence-corrected chi connectivity index (χ1v) is 8.43. The molecular formula is C16H20N2O3S. The normalized spacial score (nSPS) is 13.6. The van der Waals surface area contributed by atoms with E-state index in [1.165, 1.54) is 0 Å². The van der Waals surface area contributed by atoms with Gasteiger partial charge in [0.2, 0.25) is 0 Å². The van der Waals surface area contributed by atoms with Crippen molar-refractivity contribution in [2.75, 3.05) is 18.6 Å². The van der Waals surface area contributed by atoms with Crippen molar-refractivity contribution in [3.8, 4) is 11.3 Å². The summed E-state index contributed by atoms with van der Waals surface area (Å²) in [6.07, 6.45) is 2.59. The van der Waals surface area contributed by atoms with Crippen molar-refractivity contribution < 1.29 is 14.4 Å². The number of hydrogen-bond acceptors (Lipinski definition) is 5. The fraction of sp³-hybridized carbons (Fsp3) is 0.375. The van der Waals surface area contributed by atoms with Gasteiger partial charge >= 0.3 is 0 Å². The van der Waals surface area contributed by atoms with Crippen LogP contribution in [0.5, 0.6) is 0 Å². The molecule has 2 rings (SSSR count). The average molecular weight is 320 g/mol. The second-order valence-electron chi connectivity index (χ2n) is 5.36. The Bertz CT molecular complexity index is 611. The first-order valence-electron chi connectivity index (χ1n) is 7.03. The van der Waals surface area contributed by atoms with E-state index in [1.807, 2.05) is 36.6 Å². The Morgan fingerprint density at radius 2 is 2.14 bits per heavy atom. The number of thioether (sulfide) groups is 1. The Kier molecular flexibility index (Phi) is 5.63. The fourth-order valence-corrected chi connectivity index (χ4v) is 2.54. The van der Waals surface area contributed by atoms with Crippen molar-refractivity contribution in [1.82, 2.24) is 10.5 Å². The third kappa shape index (κ3) is 4.61. The van der Waals surface area contributed by atoms with Gasteiger partial charge in [0.05, 0.1) is 5.60 Å². The summed E-state index contributed by atoms with van der Waals surface area (Å²) in [7, 11) is 0. The van der Waals surface area contributed by atoms with E-state index in [1.54, 1.807) is 24.8 Å². The summed E-state index contributed by atoms with van der Waals surface area (Å²) in [6.45, 7) is 1.89. The lowest BCUT2D eigenvalue weighted by Crippen LogP contribution is -2.41. The molecule has 6 heteroatoms. The monoisotopic (exact) mass is 320 g/mol. The third-order valence-electron chi connectivity index (χ3n) is 3.28. The largest absolute Gasteiger partial charge is 0.388 e. The molecule has 1 aromatic carbocycles. The van der Waals surface area contributed by atoms with Gasteiger partial charge < -0.3 is 14.9 Å². The second-order valence-corrected chi connectivity index (χ2v) is 6.35. The smallest absolute Gasteiger partial charge is 0.273 e. The molecule has 5 nitrogen and oxygen atoms in total. The number of aliphatic hydroxyl groups is 1. The predicted molar refractivity (Wildman–Crippen MR) is 87.9 cm³/mol. The van der Waals surface area contributed by atoms with Crippen molar-refractivity contribution in [1.29, 1.82) is 0 Å². The third-order valence-corrected chi connectivity index (χ3v) is 3.89. The van der Waals surface area contributed by atoms with E-state index in [0.717, 1.165) is 11.3 Å². The minimum atomic E-state index is -0.926. The van der Waals surface area contributed by atoms with Crippen LogP contribution in [0.15, 0.2) is 40.9 Å². The van der Waals surface area contributed by atoms with Gasteiger partial charge in [0.25, 0.3) is 5.91 Å². The molecule has 1 aromatic heterocycles. The molecule has 118 valence electrons. The van der Waals surface area contributed by atoms with E-state index in [0.29, 0.717) is 12.2 Å². The maximum absolute atomic E-state index is 12.1. The van der Waals surface area contributed by atoms with Crippen LogP contribution >= 0.6 is 11.8 Å². The number of nitrogens with one attached hydrogen (secondary N) is 1. The van der Waals surface area contributed by atoms with E-state index in [4.69, 9.17) is 4.52 Å². The van der Waals surface area contributed by atoms with Crippen LogP contribution in [0.4, 0.5) is 0 Å². The predicted octanol–water partition coefficient (Wildman–Crippen LogP) is 2.58. The zero-order chi connectivity index (χ0) is 16.0. The number of benzene rings is 1. The lowest BCUT2D eigenvalue weighted by Gasteiger charge is -2.22. The SMILES string of the molecule is CSCCC(C)(O)CNC(=O)c1cc(-c2ccccc2)on1. The molecule has 1 heterocycles. The molecule has 1 atom stereocenters. The molecule has 1 unspecified atom stereocenters. The molecule has 0 radical (unpaired) electrons. The highest BCUT2D eigenvalue weighted by molar-refractivity contribution is 7.98. The van der Waals surface area contributed by atoms with Crippen LogP contribution in [0, 0.1) is 0 Å². The Morgan fingerprint density at radius 3 is 2.82 bits per heavy atom. The van der Waals surface area contributed by atoms with Gasteiger partial charge in [0.15, 0.2) is 11.5 Å². The summed E-state index contributed by atoms with van der Waals surface area (Å²) in [6, 6.07) is 11.1. The van der Waals surface area contributed by atoms with Crippen molar-refractivity contribution in [3.63, 3.8) is 0 Å². The van der Waals surface area contributed by atoms with Gasteiger partial charge in [-0.05, 0) is 25.4 Å². The number of aromatic nitrogens is 1. The van der Waals surface area contributed by atoms with Crippen molar-refractivity contribution in [2.45, 2.75) is 18.9 Å². The highest BCUT2D eigenvalue weighted by atomic mass is 32.2. The van der Waals surface area contributed by atoms with Gasteiger partial charge in [-0.1, -0.05) is 35.5 Å². The lowest BCUT2D eigenvalue weighted by atomic mass is 10.0. The molecule has 0 fully saturated rings. The summed E-state index contributed by atoms with van der Waals surface area (Å²) < 4.78 is 5.19. The quantitative estimate of drug-likeness (QED) is 0.820. The van der Waals surface area contributed by atoms with Gasteiger partial charge in [0.1, 0.15) is 0 Å². The summed E-state index contributed by atoms with van der Waals surface area (Å²) in [5.41, 5.74) is 0.144. The molecule has 1 amide bonds. The van der Waals surface area contributed by atoms with E-state index in [2.05, 4.69) is 10.5 Å². The molecule has 0 bridgehead atoms. The number of hydrogen-bond donors (Lipinski definition) is 2. The highest BCUT2D eigenvalue weighted by Gasteiger charge is 2.22. The average Bonchev–Trinajstić information content (AvgIpc) is 3.02. The zero-order valence-electron chi connectivity index (χ0n) is 12.7. The number of rotatable bonds is 7. The van der Waals surface area contributed by atoms with Crippen LogP contribution in [0.2, 0.25) is 0 Å². The minimum absolute atomic E-state index is 0.180. The van der Waals surface area contributed by atoms with Gasteiger partial charge in [-0.15, -0.1) is 0 Å². The summed E-state index contributed by atoms with van der Waals surface area (Å²) in [4.78, 5) is 12.1. The molecule has 0 aliphatic heterocycles. The summed E-state index contributed by atoms with van der Waals surface area (Å²) >= 11 is 1.66. The van der Waals surface area contributed by atoms with E-state index < -0.39 is 5.60 Å². The zero-order valence-corrected chi connectivity index (χ0v) is 13.5. The standard InChI is InChI=1S/C16H20N2O3S/c1-16(20,8-9-22-2)11-17-15(19)13-10-14(21-18-13)12-6-4-3-5-7-12/h3-7,10,20H,8-9,11H2,1-2H3,(H,17,19). The first-order chi connectivity index (χ1) is 10.5. The molecule has 2 aromatic rings. The van der Waals surface area contributed by atoms with Crippen LogP contribution in [0.3, 0.4) is 0 Å². The molecule has 0 aliphatic carbocycles. The fourth-order valence-electron chi connectivity index (χ4n) is 1.89. The molecular weight excluding hydrogens is 300 g/mol. The van der Waals surface area contributed by atoms with Gasteiger partial charge in [-0.2, -0.15) is 11.8 Å². The number of amides is 1. The number of nitrogens with zero attached hydrogens (tertiary/aromatic N) is 1. The Hall–Kier alpha value is -1.79. The van der Waals surface area contributed by atoms with Crippen molar-refractivity contribution >= 4 is 17.7 Å². The van der Waals surface area contributed by atoms with Crippen LogP contribution in [-0.2, 0) is 0 Å².